The Hall–Kier alpha value is -3.07. The van der Waals surface area contributed by atoms with Gasteiger partial charge in [-0.3, -0.25) is 5.32 Å². The first kappa shape index (κ1) is 20.2. The molecule has 2 aliphatic rings. The summed E-state index contributed by atoms with van der Waals surface area (Å²) in [5, 5.41) is 14.4. The van der Waals surface area contributed by atoms with Crippen LogP contribution >= 0.6 is 0 Å². The van der Waals surface area contributed by atoms with E-state index in [1.807, 2.05) is 6.07 Å². The van der Waals surface area contributed by atoms with Crippen molar-refractivity contribution < 1.29 is 14.3 Å². The van der Waals surface area contributed by atoms with Gasteiger partial charge in [-0.25, -0.2) is 19.7 Å². The van der Waals surface area contributed by atoms with Gasteiger partial charge in [-0.1, -0.05) is 6.92 Å². The van der Waals surface area contributed by atoms with Gasteiger partial charge in [0.1, 0.15) is 17.5 Å². The fourth-order valence-electron chi connectivity index (χ4n) is 3.41. The summed E-state index contributed by atoms with van der Waals surface area (Å²) in [5.74, 6) is 2.22. The second kappa shape index (κ2) is 8.74. The van der Waals surface area contributed by atoms with Gasteiger partial charge in [0.25, 0.3) is 0 Å². The van der Waals surface area contributed by atoms with Gasteiger partial charge in [-0.15, -0.1) is 0 Å². The van der Waals surface area contributed by atoms with Crippen molar-refractivity contribution in [2.45, 2.75) is 38.5 Å². The third-order valence-corrected chi connectivity index (χ3v) is 5.31. The van der Waals surface area contributed by atoms with Crippen LogP contribution in [0.3, 0.4) is 0 Å². The highest BCUT2D eigenvalue weighted by atomic mass is 16.5. The van der Waals surface area contributed by atoms with E-state index in [4.69, 9.17) is 15.1 Å². The Kier molecular flexibility index (Phi) is 5.89. The maximum atomic E-state index is 11.6. The fourth-order valence-corrected chi connectivity index (χ4v) is 3.41. The monoisotopic (exact) mass is 410 g/mol. The SMILES string of the molecule is CCc1cc(Nc2cc(NC(=O)OC)ncc2C(=N)C2CC2)nc(C2CCOC2)n1. The average molecular weight is 410 g/mol. The average Bonchev–Trinajstić information content (AvgIpc) is 3.46. The van der Waals surface area contributed by atoms with E-state index in [9.17, 15) is 4.79 Å². The molecule has 2 aromatic heterocycles. The normalized spacial score (nSPS) is 18.1. The summed E-state index contributed by atoms with van der Waals surface area (Å²) < 4.78 is 10.2. The van der Waals surface area contributed by atoms with E-state index >= 15 is 0 Å². The molecule has 2 aromatic rings. The molecule has 1 atom stereocenters. The number of hydrogen-bond acceptors (Lipinski definition) is 8. The van der Waals surface area contributed by atoms with E-state index in [2.05, 4.69) is 32.3 Å². The van der Waals surface area contributed by atoms with Gasteiger partial charge in [0.15, 0.2) is 0 Å². The topological polar surface area (TPSA) is 122 Å². The van der Waals surface area contributed by atoms with Crippen molar-refractivity contribution in [3.63, 3.8) is 0 Å². The highest BCUT2D eigenvalue weighted by Crippen LogP contribution is 2.35. The number of anilines is 3. The minimum Gasteiger partial charge on any atom is -0.453 e. The first-order valence-corrected chi connectivity index (χ1v) is 10.2. The molecule has 2 fully saturated rings. The molecule has 3 heterocycles. The molecular formula is C21H26N6O3. The number of pyridine rings is 1. The standard InChI is InChI=1S/C21H26N6O3/c1-3-14-8-18(26-20(24-14)13-6-7-30-11-13)25-16-9-17(27-21(28)29-2)23-10-15(16)19(22)12-4-5-12/h8-10,12-13,22H,3-7,11H2,1-2H3,(H2,23,24,25,26,27,28). The van der Waals surface area contributed by atoms with E-state index in [1.165, 1.54) is 7.11 Å². The molecule has 0 bridgehead atoms. The quantitative estimate of drug-likeness (QED) is 0.596. The van der Waals surface area contributed by atoms with Crippen molar-refractivity contribution in [1.82, 2.24) is 15.0 Å². The molecule has 1 saturated carbocycles. The third kappa shape index (κ3) is 4.56. The Labute approximate surface area is 175 Å². The van der Waals surface area contributed by atoms with Crippen LogP contribution in [0.4, 0.5) is 22.1 Å². The highest BCUT2D eigenvalue weighted by Gasteiger charge is 2.29. The second-order valence-corrected chi connectivity index (χ2v) is 7.56. The minimum absolute atomic E-state index is 0.190. The molecular weight excluding hydrogens is 384 g/mol. The second-order valence-electron chi connectivity index (χ2n) is 7.56. The molecule has 1 amide bonds. The van der Waals surface area contributed by atoms with Crippen LogP contribution in [0.1, 0.15) is 49.2 Å². The van der Waals surface area contributed by atoms with Crippen LogP contribution in [-0.4, -0.2) is 47.1 Å². The molecule has 158 valence electrons. The highest BCUT2D eigenvalue weighted by molar-refractivity contribution is 6.06. The first-order chi connectivity index (χ1) is 14.6. The number of carbonyl (C=O) groups is 1. The number of aromatic nitrogens is 3. The van der Waals surface area contributed by atoms with Crippen LogP contribution in [0.2, 0.25) is 0 Å². The molecule has 1 saturated heterocycles. The molecule has 9 nitrogen and oxygen atoms in total. The van der Waals surface area contributed by atoms with E-state index in [-0.39, 0.29) is 11.8 Å². The largest absolute Gasteiger partial charge is 0.453 e. The molecule has 1 unspecified atom stereocenters. The maximum Gasteiger partial charge on any atom is 0.412 e. The van der Waals surface area contributed by atoms with Crippen LogP contribution in [0.25, 0.3) is 0 Å². The van der Waals surface area contributed by atoms with Crippen molar-refractivity contribution in [3.05, 3.63) is 35.4 Å². The van der Waals surface area contributed by atoms with Gasteiger partial charge in [0.2, 0.25) is 0 Å². The molecule has 9 heteroatoms. The summed E-state index contributed by atoms with van der Waals surface area (Å²) in [7, 11) is 1.30. The summed E-state index contributed by atoms with van der Waals surface area (Å²) in [6.07, 6.45) is 4.74. The Bertz CT molecular complexity index is 954. The van der Waals surface area contributed by atoms with Gasteiger partial charge < -0.3 is 20.2 Å². The number of rotatable bonds is 7. The summed E-state index contributed by atoms with van der Waals surface area (Å²) in [6, 6.07) is 3.62. The van der Waals surface area contributed by atoms with Crippen LogP contribution in [0, 0.1) is 11.3 Å². The lowest BCUT2D eigenvalue weighted by Gasteiger charge is -2.16. The summed E-state index contributed by atoms with van der Waals surface area (Å²) in [6.45, 7) is 3.41. The fraction of sp³-hybridized carbons (Fsp3) is 0.476. The number of nitrogens with zero attached hydrogens (tertiary/aromatic N) is 3. The van der Waals surface area contributed by atoms with E-state index < -0.39 is 6.09 Å². The predicted molar refractivity (Wildman–Crippen MR) is 113 cm³/mol. The number of amides is 1. The van der Waals surface area contributed by atoms with Crippen LogP contribution < -0.4 is 10.6 Å². The maximum absolute atomic E-state index is 11.6. The molecule has 4 rings (SSSR count). The van der Waals surface area contributed by atoms with Gasteiger partial charge in [0, 0.05) is 53.7 Å². The molecule has 1 aliphatic heterocycles. The first-order valence-electron chi connectivity index (χ1n) is 10.2. The summed E-state index contributed by atoms with van der Waals surface area (Å²) >= 11 is 0. The molecule has 1 aliphatic carbocycles. The summed E-state index contributed by atoms with van der Waals surface area (Å²) in [4.78, 5) is 25.3. The Morgan fingerprint density at radius 2 is 2.10 bits per heavy atom. The van der Waals surface area contributed by atoms with E-state index in [0.29, 0.717) is 35.2 Å². The minimum atomic E-state index is -0.600. The van der Waals surface area contributed by atoms with Gasteiger partial charge in [0.05, 0.1) is 19.4 Å². The smallest absolute Gasteiger partial charge is 0.412 e. The van der Waals surface area contributed by atoms with Crippen molar-refractivity contribution >= 4 is 29.1 Å². The zero-order valence-corrected chi connectivity index (χ0v) is 17.2. The lowest BCUT2D eigenvalue weighted by Crippen LogP contribution is -2.14. The number of aryl methyl sites for hydroxylation is 1. The van der Waals surface area contributed by atoms with Gasteiger partial charge in [-0.2, -0.15) is 0 Å². The molecule has 0 radical (unpaired) electrons. The van der Waals surface area contributed by atoms with Crippen LogP contribution in [-0.2, 0) is 15.9 Å². The third-order valence-electron chi connectivity index (χ3n) is 5.31. The summed E-state index contributed by atoms with van der Waals surface area (Å²) in [5.41, 5.74) is 2.86. The van der Waals surface area contributed by atoms with Gasteiger partial charge >= 0.3 is 6.09 Å². The lowest BCUT2D eigenvalue weighted by molar-refractivity contribution is 0.187. The zero-order valence-electron chi connectivity index (χ0n) is 17.2. The molecule has 30 heavy (non-hydrogen) atoms. The van der Waals surface area contributed by atoms with E-state index in [1.54, 1.807) is 12.3 Å². The van der Waals surface area contributed by atoms with Gasteiger partial charge in [-0.05, 0) is 25.7 Å². The Morgan fingerprint density at radius 1 is 1.27 bits per heavy atom. The lowest BCUT2D eigenvalue weighted by atomic mass is 10.1. The van der Waals surface area contributed by atoms with Crippen LogP contribution in [0.5, 0.6) is 0 Å². The van der Waals surface area contributed by atoms with Crippen molar-refractivity contribution in [2.75, 3.05) is 31.0 Å². The van der Waals surface area contributed by atoms with Crippen molar-refractivity contribution in [1.29, 1.82) is 5.41 Å². The number of nitrogens with one attached hydrogen (secondary N) is 3. The number of methoxy groups -OCH3 is 1. The molecule has 3 N–H and O–H groups in total. The van der Waals surface area contributed by atoms with Crippen LogP contribution in [0.15, 0.2) is 18.3 Å². The Balaban J connectivity index is 1.67. The zero-order chi connectivity index (χ0) is 21.1. The van der Waals surface area contributed by atoms with E-state index in [0.717, 1.165) is 43.8 Å². The van der Waals surface area contributed by atoms with Crippen molar-refractivity contribution in [2.24, 2.45) is 5.92 Å². The number of hydrogen-bond donors (Lipinski definition) is 3. The molecule has 0 spiro atoms. The number of carbonyl (C=O) groups excluding carboxylic acids is 1. The molecule has 0 aromatic carbocycles. The number of ether oxygens (including phenoxy) is 2. The Morgan fingerprint density at radius 3 is 2.77 bits per heavy atom. The van der Waals surface area contributed by atoms with Crippen molar-refractivity contribution in [3.8, 4) is 0 Å². The predicted octanol–water partition coefficient (Wildman–Crippen LogP) is 3.64.